The smallest absolute Gasteiger partial charge is 0.0967 e. The molecular weight excluding hydrogens is 194 g/mol. The zero-order valence-electron chi connectivity index (χ0n) is 9.00. The maximum Gasteiger partial charge on any atom is 0.0967 e. The van der Waals surface area contributed by atoms with Crippen molar-refractivity contribution in [3.63, 3.8) is 0 Å². The van der Waals surface area contributed by atoms with Crippen molar-refractivity contribution in [2.75, 3.05) is 6.61 Å². The van der Waals surface area contributed by atoms with Gasteiger partial charge in [-0.05, 0) is 18.8 Å². The number of aliphatic hydroxyl groups is 1. The summed E-state index contributed by atoms with van der Waals surface area (Å²) >= 11 is 1.79. The van der Waals surface area contributed by atoms with Crippen molar-refractivity contribution in [1.29, 1.82) is 0 Å². The molecule has 1 N–H and O–H groups in total. The maximum atomic E-state index is 8.89. The van der Waals surface area contributed by atoms with Crippen LogP contribution in [0.5, 0.6) is 0 Å². The molecule has 1 fully saturated rings. The molecule has 78 valence electrons. The van der Waals surface area contributed by atoms with Crippen molar-refractivity contribution in [3.8, 4) is 0 Å². The van der Waals surface area contributed by atoms with Crippen LogP contribution in [0.15, 0.2) is 0 Å². The Morgan fingerprint density at radius 2 is 2.21 bits per heavy atom. The van der Waals surface area contributed by atoms with Crippen LogP contribution in [0, 0.1) is 12.3 Å². The second-order valence-corrected chi connectivity index (χ2v) is 5.89. The first-order chi connectivity index (χ1) is 6.54. The highest BCUT2D eigenvalue weighted by molar-refractivity contribution is 7.11. The zero-order chi connectivity index (χ0) is 10.3. The first kappa shape index (κ1) is 10.1. The summed E-state index contributed by atoms with van der Waals surface area (Å²) in [6.07, 6.45) is 2.02. The molecule has 1 aromatic heterocycles. The lowest BCUT2D eigenvalue weighted by Gasteiger charge is -1.97. The van der Waals surface area contributed by atoms with E-state index < -0.39 is 0 Å². The van der Waals surface area contributed by atoms with E-state index in [1.165, 1.54) is 16.3 Å². The van der Waals surface area contributed by atoms with Gasteiger partial charge >= 0.3 is 0 Å². The fourth-order valence-electron chi connectivity index (χ4n) is 1.82. The van der Waals surface area contributed by atoms with Gasteiger partial charge in [0.2, 0.25) is 0 Å². The zero-order valence-corrected chi connectivity index (χ0v) is 9.82. The van der Waals surface area contributed by atoms with Gasteiger partial charge in [-0.15, -0.1) is 11.3 Å². The third-order valence-corrected chi connectivity index (χ3v) is 4.39. The normalized spacial score (nSPS) is 23.9. The van der Waals surface area contributed by atoms with Crippen LogP contribution >= 0.6 is 11.3 Å². The first-order valence-electron chi connectivity index (χ1n) is 5.11. The van der Waals surface area contributed by atoms with Gasteiger partial charge in [-0.3, -0.25) is 0 Å². The monoisotopic (exact) mass is 211 g/mol. The highest BCUT2D eigenvalue weighted by Crippen LogP contribution is 2.59. The number of rotatable bonds is 3. The van der Waals surface area contributed by atoms with Crippen LogP contribution in [-0.4, -0.2) is 16.7 Å². The molecule has 2 rings (SSSR count). The molecule has 1 aliphatic rings. The minimum atomic E-state index is 0.233. The Morgan fingerprint density at radius 1 is 1.57 bits per heavy atom. The number of nitrogens with zero attached hydrogens (tertiary/aromatic N) is 1. The Bertz CT molecular complexity index is 343. The fraction of sp³-hybridized carbons (Fsp3) is 0.727. The van der Waals surface area contributed by atoms with Crippen molar-refractivity contribution in [1.82, 2.24) is 4.98 Å². The van der Waals surface area contributed by atoms with Gasteiger partial charge in [0.05, 0.1) is 10.7 Å². The van der Waals surface area contributed by atoms with Gasteiger partial charge in [0.1, 0.15) is 0 Å². The predicted octanol–water partition coefficient (Wildman–Crippen LogP) is 2.50. The Morgan fingerprint density at radius 3 is 2.71 bits per heavy atom. The molecule has 1 aromatic rings. The van der Waals surface area contributed by atoms with Gasteiger partial charge in [0.15, 0.2) is 0 Å². The van der Waals surface area contributed by atoms with Crippen LogP contribution in [-0.2, 0) is 6.42 Å². The summed E-state index contributed by atoms with van der Waals surface area (Å²) in [5.41, 5.74) is 1.57. The van der Waals surface area contributed by atoms with Crippen molar-refractivity contribution in [2.45, 2.75) is 39.5 Å². The van der Waals surface area contributed by atoms with E-state index in [0.717, 1.165) is 12.1 Å². The summed E-state index contributed by atoms with van der Waals surface area (Å²) in [5, 5.41) is 10.2. The Labute approximate surface area is 89.0 Å². The largest absolute Gasteiger partial charge is 0.396 e. The number of aryl methyl sites for hydroxylation is 1. The highest BCUT2D eigenvalue weighted by atomic mass is 32.1. The van der Waals surface area contributed by atoms with Crippen LogP contribution < -0.4 is 0 Å². The number of hydrogen-bond acceptors (Lipinski definition) is 3. The minimum absolute atomic E-state index is 0.233. The third kappa shape index (κ3) is 1.71. The van der Waals surface area contributed by atoms with E-state index in [1.807, 2.05) is 6.92 Å². The predicted molar refractivity (Wildman–Crippen MR) is 58.8 cm³/mol. The second-order valence-electron chi connectivity index (χ2n) is 4.78. The summed E-state index contributed by atoms with van der Waals surface area (Å²) < 4.78 is 0. The molecule has 1 saturated carbocycles. The molecule has 0 aliphatic heterocycles. The average Bonchev–Trinajstić information content (AvgIpc) is 2.57. The van der Waals surface area contributed by atoms with E-state index in [4.69, 9.17) is 5.11 Å². The molecule has 2 nitrogen and oxygen atoms in total. The van der Waals surface area contributed by atoms with E-state index >= 15 is 0 Å². The molecule has 1 atom stereocenters. The van der Waals surface area contributed by atoms with Gasteiger partial charge in [-0.25, -0.2) is 4.98 Å². The molecular formula is C11H17NOS. The Hall–Kier alpha value is -0.410. The molecule has 1 unspecified atom stereocenters. The lowest BCUT2D eigenvalue weighted by molar-refractivity contribution is 0.300. The quantitative estimate of drug-likeness (QED) is 0.833. The number of hydrogen-bond donors (Lipinski definition) is 1. The molecule has 0 spiro atoms. The molecule has 0 saturated heterocycles. The van der Waals surface area contributed by atoms with Crippen molar-refractivity contribution in [3.05, 3.63) is 15.6 Å². The van der Waals surface area contributed by atoms with E-state index in [1.54, 1.807) is 11.3 Å². The molecule has 0 bridgehead atoms. The minimum Gasteiger partial charge on any atom is -0.396 e. The second kappa shape index (κ2) is 3.31. The van der Waals surface area contributed by atoms with E-state index in [0.29, 0.717) is 11.3 Å². The average molecular weight is 211 g/mol. The Kier molecular flexibility index (Phi) is 2.40. The van der Waals surface area contributed by atoms with Gasteiger partial charge in [0.25, 0.3) is 0 Å². The summed E-state index contributed by atoms with van der Waals surface area (Å²) in [6, 6.07) is 0. The van der Waals surface area contributed by atoms with Crippen LogP contribution in [0.1, 0.15) is 41.8 Å². The van der Waals surface area contributed by atoms with Crippen molar-refractivity contribution >= 4 is 11.3 Å². The van der Waals surface area contributed by atoms with E-state index in [2.05, 4.69) is 18.8 Å². The van der Waals surface area contributed by atoms with Crippen molar-refractivity contribution in [2.24, 2.45) is 5.41 Å². The molecule has 14 heavy (non-hydrogen) atoms. The standard InChI is InChI=1S/C11H17NOS/c1-7-9(4-5-13)14-10(12-7)8-6-11(8,2)3/h8,13H,4-6H2,1-3H3. The summed E-state index contributed by atoms with van der Waals surface area (Å²) in [5.74, 6) is 0.665. The molecule has 3 heteroatoms. The highest BCUT2D eigenvalue weighted by Gasteiger charge is 2.48. The maximum absolute atomic E-state index is 8.89. The van der Waals surface area contributed by atoms with Crippen molar-refractivity contribution < 1.29 is 5.11 Å². The molecule has 0 aromatic carbocycles. The van der Waals surface area contributed by atoms with Crippen LogP contribution in [0.3, 0.4) is 0 Å². The van der Waals surface area contributed by atoms with Crippen LogP contribution in [0.4, 0.5) is 0 Å². The lowest BCUT2D eigenvalue weighted by Crippen LogP contribution is -1.89. The lowest BCUT2D eigenvalue weighted by atomic mass is 10.1. The summed E-state index contributed by atoms with van der Waals surface area (Å²) in [6.45, 7) is 6.86. The van der Waals surface area contributed by atoms with Gasteiger partial charge < -0.3 is 5.11 Å². The van der Waals surface area contributed by atoms with E-state index in [-0.39, 0.29) is 6.61 Å². The Balaban J connectivity index is 2.17. The fourth-order valence-corrected chi connectivity index (χ4v) is 3.19. The topological polar surface area (TPSA) is 33.1 Å². The molecule has 0 amide bonds. The molecule has 1 heterocycles. The molecule has 0 radical (unpaired) electrons. The SMILES string of the molecule is Cc1nc(C2CC2(C)C)sc1CCO. The van der Waals surface area contributed by atoms with Crippen LogP contribution in [0.25, 0.3) is 0 Å². The first-order valence-corrected chi connectivity index (χ1v) is 5.93. The molecule has 1 aliphatic carbocycles. The van der Waals surface area contributed by atoms with Gasteiger partial charge in [0, 0.05) is 23.8 Å². The van der Waals surface area contributed by atoms with E-state index in [9.17, 15) is 0 Å². The number of thiazole rings is 1. The number of aromatic nitrogens is 1. The summed E-state index contributed by atoms with van der Waals surface area (Å²) in [7, 11) is 0. The third-order valence-electron chi connectivity index (χ3n) is 3.06. The number of aliphatic hydroxyl groups excluding tert-OH is 1. The van der Waals surface area contributed by atoms with Crippen LogP contribution in [0.2, 0.25) is 0 Å². The summed E-state index contributed by atoms with van der Waals surface area (Å²) in [4.78, 5) is 5.85. The van der Waals surface area contributed by atoms with Gasteiger partial charge in [-0.2, -0.15) is 0 Å². The van der Waals surface area contributed by atoms with Gasteiger partial charge in [-0.1, -0.05) is 13.8 Å².